The van der Waals surface area contributed by atoms with Crippen LogP contribution in [0, 0.1) is 6.92 Å². The minimum Gasteiger partial charge on any atom is -0.234 e. The standard InChI is InChI=1S/C35H69N2/c1-4-6-8-10-12-14-16-18-20-22-24-26-28-30-32-37-34-33-36(35(37)3)31-29-27-25-23-21-19-17-15-13-11-9-7-5-2/h33-34H,4-32H2,1-3H3/q+1. The molecule has 1 rings (SSSR count). The Morgan fingerprint density at radius 1 is 0.459 bits per heavy atom. The second kappa shape index (κ2) is 26.8. The van der Waals surface area contributed by atoms with Gasteiger partial charge in [-0.05, 0) is 25.7 Å². The lowest BCUT2D eigenvalue weighted by atomic mass is 10.0. The van der Waals surface area contributed by atoms with Crippen molar-refractivity contribution in [1.82, 2.24) is 4.57 Å². The summed E-state index contributed by atoms with van der Waals surface area (Å²) in [6, 6.07) is 0. The molecule has 0 amide bonds. The Balaban J connectivity index is 1.89. The van der Waals surface area contributed by atoms with E-state index in [1.807, 2.05) is 0 Å². The molecule has 2 heteroatoms. The molecule has 0 unspecified atom stereocenters. The average Bonchev–Trinajstić information content (AvgIpc) is 3.25. The Hall–Kier alpha value is -0.790. The van der Waals surface area contributed by atoms with Gasteiger partial charge < -0.3 is 0 Å². The number of unbranched alkanes of at least 4 members (excludes halogenated alkanes) is 25. The number of rotatable bonds is 29. The molecule has 0 saturated carbocycles. The fourth-order valence-electron chi connectivity index (χ4n) is 5.79. The summed E-state index contributed by atoms with van der Waals surface area (Å²) in [7, 11) is 0. The molecule has 0 bridgehead atoms. The van der Waals surface area contributed by atoms with Crippen LogP contribution < -0.4 is 4.57 Å². The first-order chi connectivity index (χ1) is 18.3. The Morgan fingerprint density at radius 2 is 0.784 bits per heavy atom. The van der Waals surface area contributed by atoms with E-state index in [4.69, 9.17) is 0 Å². The molecule has 37 heavy (non-hydrogen) atoms. The lowest BCUT2D eigenvalue weighted by Crippen LogP contribution is -2.35. The van der Waals surface area contributed by atoms with Crippen molar-refractivity contribution in [3.05, 3.63) is 18.2 Å². The Morgan fingerprint density at radius 3 is 1.16 bits per heavy atom. The van der Waals surface area contributed by atoms with Gasteiger partial charge >= 0.3 is 0 Å². The van der Waals surface area contributed by atoms with E-state index in [0.717, 1.165) is 0 Å². The lowest BCUT2D eigenvalue weighted by molar-refractivity contribution is -0.702. The van der Waals surface area contributed by atoms with Crippen molar-refractivity contribution in [2.45, 2.75) is 207 Å². The summed E-state index contributed by atoms with van der Waals surface area (Å²) in [5, 5.41) is 0. The third-order valence-electron chi connectivity index (χ3n) is 8.51. The van der Waals surface area contributed by atoms with E-state index in [2.05, 4.69) is 42.3 Å². The summed E-state index contributed by atoms with van der Waals surface area (Å²) in [6.45, 7) is 9.33. The number of hydrogen-bond donors (Lipinski definition) is 0. The van der Waals surface area contributed by atoms with Crippen molar-refractivity contribution >= 4 is 0 Å². The van der Waals surface area contributed by atoms with Gasteiger partial charge in [-0.15, -0.1) is 0 Å². The van der Waals surface area contributed by atoms with Crippen LogP contribution in [-0.4, -0.2) is 4.57 Å². The van der Waals surface area contributed by atoms with Crippen LogP contribution in [0.4, 0.5) is 0 Å². The van der Waals surface area contributed by atoms with Gasteiger partial charge in [-0.3, -0.25) is 0 Å². The molecule has 0 aliphatic carbocycles. The zero-order valence-corrected chi connectivity index (χ0v) is 26.1. The van der Waals surface area contributed by atoms with Gasteiger partial charge in [0.2, 0.25) is 0 Å². The fraction of sp³-hybridized carbons (Fsp3) is 0.914. The quantitative estimate of drug-likeness (QED) is 0.0737. The van der Waals surface area contributed by atoms with Crippen molar-refractivity contribution in [2.75, 3.05) is 0 Å². The number of nitrogens with zero attached hydrogens (tertiary/aromatic N) is 2. The summed E-state index contributed by atoms with van der Waals surface area (Å²) < 4.78 is 4.98. The molecule has 0 radical (unpaired) electrons. The maximum absolute atomic E-state index is 2.49. The second-order valence-corrected chi connectivity index (χ2v) is 12.1. The maximum atomic E-state index is 2.49. The molecule has 0 N–H and O–H groups in total. The highest BCUT2D eigenvalue weighted by Gasteiger charge is 2.11. The predicted octanol–water partition coefficient (Wildman–Crippen LogP) is 11.7. The monoisotopic (exact) mass is 518 g/mol. The molecule has 1 aromatic rings. The van der Waals surface area contributed by atoms with Crippen LogP contribution in [0.1, 0.15) is 193 Å². The summed E-state index contributed by atoms with van der Waals surface area (Å²) in [4.78, 5) is 0. The van der Waals surface area contributed by atoms with Crippen LogP contribution in [0.2, 0.25) is 0 Å². The van der Waals surface area contributed by atoms with E-state index in [-0.39, 0.29) is 0 Å². The predicted molar refractivity (Wildman–Crippen MR) is 165 cm³/mol. The molecule has 0 atom stereocenters. The Labute approximate surface area is 234 Å². The minimum atomic E-state index is 1.20. The number of hydrogen-bond acceptors (Lipinski definition) is 0. The van der Waals surface area contributed by atoms with Crippen LogP contribution in [0.15, 0.2) is 12.4 Å². The van der Waals surface area contributed by atoms with Crippen molar-refractivity contribution in [3.8, 4) is 0 Å². The van der Waals surface area contributed by atoms with Crippen molar-refractivity contribution in [1.29, 1.82) is 0 Å². The highest BCUT2D eigenvalue weighted by Crippen LogP contribution is 2.14. The van der Waals surface area contributed by atoms with Crippen molar-refractivity contribution < 1.29 is 4.57 Å². The summed E-state index contributed by atoms with van der Waals surface area (Å²) in [6.07, 6.45) is 43.4. The van der Waals surface area contributed by atoms with E-state index in [1.165, 1.54) is 192 Å². The van der Waals surface area contributed by atoms with E-state index < -0.39 is 0 Å². The Bertz CT molecular complexity index is 576. The molecule has 0 aromatic carbocycles. The van der Waals surface area contributed by atoms with E-state index in [1.54, 1.807) is 0 Å². The molecule has 1 heterocycles. The van der Waals surface area contributed by atoms with Gasteiger partial charge in [-0.25, -0.2) is 9.13 Å². The van der Waals surface area contributed by atoms with Gasteiger partial charge in [0.25, 0.3) is 5.82 Å². The first-order valence-electron chi connectivity index (χ1n) is 17.3. The van der Waals surface area contributed by atoms with Crippen LogP contribution in [0.25, 0.3) is 0 Å². The normalized spacial score (nSPS) is 11.5. The second-order valence-electron chi connectivity index (χ2n) is 12.1. The largest absolute Gasteiger partial charge is 0.253 e. The van der Waals surface area contributed by atoms with Gasteiger partial charge in [0, 0.05) is 6.92 Å². The van der Waals surface area contributed by atoms with E-state index in [0.29, 0.717) is 0 Å². The molecule has 0 aliphatic heterocycles. The average molecular weight is 518 g/mol. The third-order valence-corrected chi connectivity index (χ3v) is 8.51. The number of aryl methyl sites for hydroxylation is 2. The molecule has 0 spiro atoms. The molecule has 2 nitrogen and oxygen atoms in total. The molecular formula is C35H69N2+. The molecule has 0 aliphatic rings. The molecule has 0 fully saturated rings. The highest BCUT2D eigenvalue weighted by molar-refractivity contribution is 4.79. The van der Waals surface area contributed by atoms with Gasteiger partial charge in [0.15, 0.2) is 0 Å². The highest BCUT2D eigenvalue weighted by atomic mass is 15.1. The van der Waals surface area contributed by atoms with Crippen LogP contribution in [-0.2, 0) is 13.1 Å². The smallest absolute Gasteiger partial charge is 0.234 e. The van der Waals surface area contributed by atoms with Crippen LogP contribution in [0.3, 0.4) is 0 Å². The minimum absolute atomic E-state index is 1.20. The van der Waals surface area contributed by atoms with Crippen LogP contribution >= 0.6 is 0 Å². The van der Waals surface area contributed by atoms with Gasteiger partial charge in [0.1, 0.15) is 12.4 Å². The molecular weight excluding hydrogens is 448 g/mol. The fourth-order valence-corrected chi connectivity index (χ4v) is 5.79. The maximum Gasteiger partial charge on any atom is 0.253 e. The zero-order valence-electron chi connectivity index (χ0n) is 26.1. The van der Waals surface area contributed by atoms with Crippen molar-refractivity contribution in [3.63, 3.8) is 0 Å². The molecule has 0 saturated heterocycles. The number of aromatic nitrogens is 2. The van der Waals surface area contributed by atoms with Crippen molar-refractivity contribution in [2.24, 2.45) is 0 Å². The third kappa shape index (κ3) is 20.8. The van der Waals surface area contributed by atoms with E-state index in [9.17, 15) is 0 Å². The first-order valence-corrected chi connectivity index (χ1v) is 17.3. The van der Waals surface area contributed by atoms with Gasteiger partial charge in [-0.1, -0.05) is 162 Å². The van der Waals surface area contributed by atoms with Gasteiger partial charge in [0.05, 0.1) is 13.1 Å². The molecule has 1 aromatic heterocycles. The summed E-state index contributed by atoms with van der Waals surface area (Å²) in [5.41, 5.74) is 0. The Kier molecular flexibility index (Phi) is 24.8. The SMILES string of the molecule is CCCCCCCCCCCCCCCCn1cc[n+](CCCCCCCCCCCCCCC)c1C. The number of imidazole rings is 1. The summed E-state index contributed by atoms with van der Waals surface area (Å²) >= 11 is 0. The first kappa shape index (κ1) is 34.2. The molecule has 218 valence electrons. The van der Waals surface area contributed by atoms with Gasteiger partial charge in [-0.2, -0.15) is 0 Å². The topological polar surface area (TPSA) is 8.81 Å². The van der Waals surface area contributed by atoms with Crippen LogP contribution in [0.5, 0.6) is 0 Å². The zero-order chi connectivity index (χ0) is 26.7. The lowest BCUT2D eigenvalue weighted by Gasteiger charge is -2.04. The summed E-state index contributed by atoms with van der Waals surface area (Å²) in [5.74, 6) is 1.45. The van der Waals surface area contributed by atoms with E-state index >= 15 is 0 Å².